The number of rotatable bonds is 7. The maximum atomic E-state index is 11.4. The summed E-state index contributed by atoms with van der Waals surface area (Å²) < 4.78 is 9.74. The number of methoxy groups -OCH3 is 1. The third kappa shape index (κ3) is 5.39. The van der Waals surface area contributed by atoms with Gasteiger partial charge in [0.2, 0.25) is 0 Å². The number of aromatic nitrogens is 1. The van der Waals surface area contributed by atoms with Crippen molar-refractivity contribution < 1.29 is 14.3 Å². The van der Waals surface area contributed by atoms with Crippen LogP contribution in [-0.2, 0) is 11.2 Å². The molecule has 1 fully saturated rings. The molecule has 6 nitrogen and oxygen atoms in total. The molecular formula is C25H31N3O3. The monoisotopic (exact) mass is 421 g/mol. The number of hydrogen-bond donors (Lipinski definition) is 1. The van der Waals surface area contributed by atoms with Crippen LogP contribution in [0.1, 0.15) is 24.0 Å². The summed E-state index contributed by atoms with van der Waals surface area (Å²) in [7, 11) is 1.31. The first-order chi connectivity index (χ1) is 15.1. The van der Waals surface area contributed by atoms with Crippen molar-refractivity contribution in [2.45, 2.75) is 26.2 Å². The molecule has 164 valence electrons. The van der Waals surface area contributed by atoms with Crippen molar-refractivity contribution in [3.05, 3.63) is 59.8 Å². The van der Waals surface area contributed by atoms with E-state index in [1.807, 2.05) is 12.1 Å². The van der Waals surface area contributed by atoms with Gasteiger partial charge in [-0.2, -0.15) is 0 Å². The number of H-pyrrole nitrogens is 1. The topological polar surface area (TPSA) is 57.8 Å². The molecule has 1 N–H and O–H groups in total. The van der Waals surface area contributed by atoms with Gasteiger partial charge in [-0.3, -0.25) is 4.90 Å². The molecule has 2 aromatic carbocycles. The maximum Gasteiger partial charge on any atom is 0.513 e. The lowest BCUT2D eigenvalue weighted by Gasteiger charge is -2.36. The summed E-state index contributed by atoms with van der Waals surface area (Å²) in [6, 6.07) is 14.4. The van der Waals surface area contributed by atoms with Crippen LogP contribution >= 0.6 is 0 Å². The molecule has 4 rings (SSSR count). The Morgan fingerprint density at radius 1 is 1.06 bits per heavy atom. The number of fused-ring (bicyclic) bond motifs is 1. The van der Waals surface area contributed by atoms with Crippen LogP contribution in [0.4, 0.5) is 10.5 Å². The van der Waals surface area contributed by atoms with E-state index in [2.05, 4.69) is 56.9 Å². The van der Waals surface area contributed by atoms with Gasteiger partial charge in [-0.15, -0.1) is 0 Å². The highest BCUT2D eigenvalue weighted by Gasteiger charge is 2.17. The summed E-state index contributed by atoms with van der Waals surface area (Å²) in [5.41, 5.74) is 4.98. The average Bonchev–Trinajstić information content (AvgIpc) is 3.19. The van der Waals surface area contributed by atoms with Crippen LogP contribution in [0, 0.1) is 6.92 Å². The van der Waals surface area contributed by atoms with Crippen LogP contribution in [0.15, 0.2) is 48.7 Å². The number of ether oxygens (including phenoxy) is 2. The zero-order chi connectivity index (χ0) is 21.6. The molecule has 0 unspecified atom stereocenters. The second kappa shape index (κ2) is 9.88. The molecule has 0 bridgehead atoms. The molecule has 0 saturated carbocycles. The fourth-order valence-corrected chi connectivity index (χ4v) is 4.27. The van der Waals surface area contributed by atoms with Crippen LogP contribution in [0.2, 0.25) is 0 Å². The number of unbranched alkanes of at least 4 members (excludes halogenated alkanes) is 1. The summed E-state index contributed by atoms with van der Waals surface area (Å²) in [5.74, 6) is 0.506. The predicted molar refractivity (Wildman–Crippen MR) is 124 cm³/mol. The first-order valence-corrected chi connectivity index (χ1v) is 11.0. The molecule has 2 heterocycles. The molecule has 1 aliphatic rings. The summed E-state index contributed by atoms with van der Waals surface area (Å²) in [5, 5.41) is 1.10. The predicted octanol–water partition coefficient (Wildman–Crippen LogP) is 4.77. The fraction of sp³-hybridized carbons (Fsp3) is 0.400. The van der Waals surface area contributed by atoms with Gasteiger partial charge in [0.1, 0.15) is 5.75 Å². The third-order valence-corrected chi connectivity index (χ3v) is 6.02. The van der Waals surface area contributed by atoms with Gasteiger partial charge in [-0.25, -0.2) is 4.79 Å². The van der Waals surface area contributed by atoms with E-state index in [-0.39, 0.29) is 0 Å². The fourth-order valence-electron chi connectivity index (χ4n) is 4.27. The van der Waals surface area contributed by atoms with Crippen LogP contribution < -0.4 is 9.64 Å². The van der Waals surface area contributed by atoms with Crippen molar-refractivity contribution in [3.63, 3.8) is 0 Å². The number of aryl methyl sites for hydroxylation is 2. The van der Waals surface area contributed by atoms with E-state index in [1.54, 1.807) is 6.07 Å². The summed E-state index contributed by atoms with van der Waals surface area (Å²) in [6.45, 7) is 7.72. The lowest BCUT2D eigenvalue weighted by atomic mass is 10.1. The van der Waals surface area contributed by atoms with Crippen molar-refractivity contribution in [2.24, 2.45) is 0 Å². The van der Waals surface area contributed by atoms with E-state index in [4.69, 9.17) is 4.74 Å². The van der Waals surface area contributed by atoms with E-state index in [9.17, 15) is 4.79 Å². The summed E-state index contributed by atoms with van der Waals surface area (Å²) >= 11 is 0. The quantitative estimate of drug-likeness (QED) is 0.338. The van der Waals surface area contributed by atoms with E-state index in [1.165, 1.54) is 30.3 Å². The van der Waals surface area contributed by atoms with E-state index in [0.29, 0.717) is 5.75 Å². The number of benzene rings is 2. The lowest BCUT2D eigenvalue weighted by molar-refractivity contribution is 0.121. The number of nitrogens with one attached hydrogen (secondary N) is 1. The maximum absolute atomic E-state index is 11.4. The largest absolute Gasteiger partial charge is 0.513 e. The molecule has 6 heteroatoms. The number of anilines is 1. The normalized spacial score (nSPS) is 14.7. The minimum Gasteiger partial charge on any atom is -0.437 e. The Labute approximate surface area is 183 Å². The summed E-state index contributed by atoms with van der Waals surface area (Å²) in [4.78, 5) is 19.7. The zero-order valence-corrected chi connectivity index (χ0v) is 18.4. The number of carbonyl (C=O) groups excluding carboxylic acids is 1. The van der Waals surface area contributed by atoms with Gasteiger partial charge in [-0.1, -0.05) is 12.1 Å². The third-order valence-electron chi connectivity index (χ3n) is 6.02. The van der Waals surface area contributed by atoms with Crippen molar-refractivity contribution in [2.75, 3.05) is 44.7 Å². The van der Waals surface area contributed by atoms with E-state index < -0.39 is 6.16 Å². The van der Waals surface area contributed by atoms with Crippen molar-refractivity contribution >= 4 is 22.7 Å². The van der Waals surface area contributed by atoms with Crippen LogP contribution in [-0.4, -0.2) is 55.9 Å². The number of carbonyl (C=O) groups is 1. The van der Waals surface area contributed by atoms with Gasteiger partial charge in [-0.05, 0) is 74.2 Å². The number of hydrogen-bond acceptors (Lipinski definition) is 5. The van der Waals surface area contributed by atoms with Crippen molar-refractivity contribution in [1.82, 2.24) is 9.88 Å². The summed E-state index contributed by atoms with van der Waals surface area (Å²) in [6.07, 6.45) is 4.68. The highest BCUT2D eigenvalue weighted by Crippen LogP contribution is 2.25. The first-order valence-electron chi connectivity index (χ1n) is 11.0. The molecule has 1 aromatic heterocycles. The minimum atomic E-state index is -0.695. The van der Waals surface area contributed by atoms with Gasteiger partial charge < -0.3 is 19.4 Å². The van der Waals surface area contributed by atoms with Gasteiger partial charge >= 0.3 is 6.16 Å². The van der Waals surface area contributed by atoms with Gasteiger partial charge in [0.15, 0.2) is 0 Å². The second-order valence-corrected chi connectivity index (χ2v) is 8.20. The Morgan fingerprint density at radius 2 is 1.90 bits per heavy atom. The molecule has 0 spiro atoms. The molecule has 0 radical (unpaired) electrons. The van der Waals surface area contributed by atoms with Crippen LogP contribution in [0.25, 0.3) is 10.9 Å². The average molecular weight is 422 g/mol. The Morgan fingerprint density at radius 3 is 2.68 bits per heavy atom. The van der Waals surface area contributed by atoms with Gasteiger partial charge in [0.25, 0.3) is 0 Å². The number of piperazine rings is 1. The standard InChI is InChI=1S/C25H31N3O3/c1-19-6-5-8-21(16-19)28-14-12-27(13-15-28)11-4-3-7-20-18-26-24-10-9-22(17-23(20)24)31-25(29)30-2/h5-6,8-10,16-18,26H,3-4,7,11-15H2,1-2H3. The molecular weight excluding hydrogens is 390 g/mol. The Hall–Kier alpha value is -2.99. The molecule has 0 aliphatic carbocycles. The molecule has 1 saturated heterocycles. The molecule has 0 atom stereocenters. The SMILES string of the molecule is COC(=O)Oc1ccc2[nH]cc(CCCCN3CCN(c4cccc(C)c4)CC3)c2c1. The zero-order valence-electron chi connectivity index (χ0n) is 18.4. The molecule has 0 amide bonds. The highest BCUT2D eigenvalue weighted by atomic mass is 16.7. The van der Waals surface area contributed by atoms with Gasteiger partial charge in [0, 0.05) is 49.0 Å². The number of nitrogens with zero attached hydrogens (tertiary/aromatic N) is 2. The van der Waals surface area contributed by atoms with Crippen molar-refractivity contribution in [1.29, 1.82) is 0 Å². The van der Waals surface area contributed by atoms with E-state index >= 15 is 0 Å². The molecule has 3 aromatic rings. The lowest BCUT2D eigenvalue weighted by Crippen LogP contribution is -2.46. The molecule has 31 heavy (non-hydrogen) atoms. The smallest absolute Gasteiger partial charge is 0.437 e. The van der Waals surface area contributed by atoms with Crippen LogP contribution in [0.3, 0.4) is 0 Å². The van der Waals surface area contributed by atoms with Crippen molar-refractivity contribution in [3.8, 4) is 5.75 Å². The van der Waals surface area contributed by atoms with E-state index in [0.717, 1.165) is 56.5 Å². The Balaban J connectivity index is 1.23. The second-order valence-electron chi connectivity index (χ2n) is 8.20. The number of aromatic amines is 1. The minimum absolute atomic E-state index is 0.506. The molecule has 1 aliphatic heterocycles. The highest BCUT2D eigenvalue weighted by molar-refractivity contribution is 5.85. The Kier molecular flexibility index (Phi) is 6.77. The van der Waals surface area contributed by atoms with Crippen LogP contribution in [0.5, 0.6) is 5.75 Å². The Bertz CT molecular complexity index is 1020. The van der Waals surface area contributed by atoms with Gasteiger partial charge in [0.05, 0.1) is 7.11 Å². The first kappa shape index (κ1) is 21.2.